The number of nitrogens with zero attached hydrogens (tertiary/aromatic N) is 3. The van der Waals surface area contributed by atoms with Crippen molar-refractivity contribution in [2.45, 2.75) is 11.5 Å². The number of fused-ring (bicyclic) bond motifs is 1. The van der Waals surface area contributed by atoms with E-state index in [1.165, 1.54) is 6.07 Å². The first kappa shape index (κ1) is 23.8. The third-order valence-corrected chi connectivity index (χ3v) is 5.42. The van der Waals surface area contributed by atoms with Gasteiger partial charge in [0.1, 0.15) is 22.9 Å². The van der Waals surface area contributed by atoms with Crippen LogP contribution in [0.25, 0.3) is 10.8 Å². The van der Waals surface area contributed by atoms with E-state index in [0.29, 0.717) is 28.8 Å². The van der Waals surface area contributed by atoms with Crippen LogP contribution in [0.2, 0.25) is 0 Å². The summed E-state index contributed by atoms with van der Waals surface area (Å²) in [5.41, 5.74) is 7.99. The Morgan fingerprint density at radius 2 is 1.75 bits per heavy atom. The number of hydrogen-bond donors (Lipinski definition) is 2. The quantitative estimate of drug-likeness (QED) is 0.191. The molecule has 4 rings (SSSR count). The third-order valence-electron chi connectivity index (χ3n) is 4.52. The average Bonchev–Trinajstić information content (AvgIpc) is 2.77. The number of pyridine rings is 1. The molecule has 0 bridgehead atoms. The van der Waals surface area contributed by atoms with Crippen LogP contribution in [0.1, 0.15) is 5.56 Å². The van der Waals surface area contributed by atoms with E-state index >= 15 is 0 Å². The summed E-state index contributed by atoms with van der Waals surface area (Å²) >= 11 is 0. The van der Waals surface area contributed by atoms with Crippen LogP contribution in [0.3, 0.4) is 0 Å². The minimum absolute atomic E-state index is 0. The molecule has 0 spiro atoms. The molecule has 0 atom stereocenters. The summed E-state index contributed by atoms with van der Waals surface area (Å²) in [7, 11) is -4.47. The van der Waals surface area contributed by atoms with Crippen molar-refractivity contribution in [1.82, 2.24) is 4.98 Å². The Kier molecular flexibility index (Phi) is 7.60. The zero-order valence-electron chi connectivity index (χ0n) is 16.2. The van der Waals surface area contributed by atoms with E-state index in [4.69, 9.17) is 10.5 Å². The summed E-state index contributed by atoms with van der Waals surface area (Å²) in [6, 6.07) is 18.5. The van der Waals surface area contributed by atoms with Gasteiger partial charge in [0.2, 0.25) is 0 Å². The van der Waals surface area contributed by atoms with Crippen molar-refractivity contribution < 1.29 is 17.7 Å². The number of nitrogen functional groups attached to an aromatic ring is 1. The molecule has 3 aromatic carbocycles. The van der Waals surface area contributed by atoms with E-state index in [9.17, 15) is 13.0 Å². The Morgan fingerprint density at radius 1 is 0.969 bits per heavy atom. The van der Waals surface area contributed by atoms with Crippen molar-refractivity contribution in [1.29, 1.82) is 0 Å². The molecule has 0 fully saturated rings. The maximum atomic E-state index is 11.8. The van der Waals surface area contributed by atoms with Gasteiger partial charge < -0.3 is 10.5 Å². The van der Waals surface area contributed by atoms with Gasteiger partial charge in [0.25, 0.3) is 10.1 Å². The summed E-state index contributed by atoms with van der Waals surface area (Å²) < 4.78 is 39.0. The number of benzene rings is 3. The number of hydrogen-bond acceptors (Lipinski definition) is 7. The van der Waals surface area contributed by atoms with Crippen LogP contribution in [-0.4, -0.2) is 47.5 Å². The molecule has 0 aliphatic rings. The number of azo groups is 1. The van der Waals surface area contributed by atoms with Crippen LogP contribution in [-0.2, 0) is 16.7 Å². The molecule has 4 aromatic rings. The molecule has 8 nitrogen and oxygen atoms in total. The minimum atomic E-state index is -4.47. The second kappa shape index (κ2) is 10.2. The van der Waals surface area contributed by atoms with Crippen molar-refractivity contribution in [3.05, 3.63) is 84.7 Å². The molecule has 3 N–H and O–H groups in total. The van der Waals surface area contributed by atoms with Crippen LogP contribution in [0.5, 0.6) is 5.75 Å². The summed E-state index contributed by atoms with van der Waals surface area (Å²) in [5, 5.41) is 9.05. The Balaban J connectivity index is 0.00000289. The van der Waals surface area contributed by atoms with E-state index in [-0.39, 0.29) is 45.8 Å². The van der Waals surface area contributed by atoms with E-state index < -0.39 is 10.1 Å². The van der Waals surface area contributed by atoms with E-state index in [0.717, 1.165) is 5.56 Å². The predicted octanol–water partition coefficient (Wildman–Crippen LogP) is 4.41. The zero-order chi connectivity index (χ0) is 21.8. The SMILES string of the molecule is Nc1c(/N=N/c2cccc(OCc3cccnc3)c2)cc(S(=O)(=O)O)c2ccccc12.[NaH]. The van der Waals surface area contributed by atoms with Crippen molar-refractivity contribution in [2.24, 2.45) is 10.2 Å². The van der Waals surface area contributed by atoms with Crippen molar-refractivity contribution in [2.75, 3.05) is 5.73 Å². The summed E-state index contributed by atoms with van der Waals surface area (Å²) in [4.78, 5) is 3.77. The van der Waals surface area contributed by atoms with Gasteiger partial charge in [-0.2, -0.15) is 13.5 Å². The Morgan fingerprint density at radius 3 is 2.47 bits per heavy atom. The van der Waals surface area contributed by atoms with Gasteiger partial charge in [-0.1, -0.05) is 36.4 Å². The topological polar surface area (TPSA) is 127 Å². The first-order valence-electron chi connectivity index (χ1n) is 9.24. The number of anilines is 1. The van der Waals surface area contributed by atoms with Gasteiger partial charge in [-0.3, -0.25) is 9.54 Å². The average molecular weight is 458 g/mol. The summed E-state index contributed by atoms with van der Waals surface area (Å²) in [6.07, 6.45) is 3.41. The Labute approximate surface area is 207 Å². The van der Waals surface area contributed by atoms with Gasteiger partial charge in [0, 0.05) is 34.8 Å². The molecule has 10 heteroatoms. The number of aromatic nitrogens is 1. The monoisotopic (exact) mass is 458 g/mol. The molecule has 0 amide bonds. The first-order valence-corrected chi connectivity index (χ1v) is 10.7. The first-order chi connectivity index (χ1) is 14.9. The molecule has 0 radical (unpaired) electrons. The molecule has 158 valence electrons. The Bertz CT molecular complexity index is 1380. The molecule has 32 heavy (non-hydrogen) atoms. The van der Waals surface area contributed by atoms with Crippen LogP contribution in [0, 0.1) is 0 Å². The third kappa shape index (κ3) is 5.50. The Hall–Kier alpha value is -2.82. The number of rotatable bonds is 6. The zero-order valence-corrected chi connectivity index (χ0v) is 17.0. The van der Waals surface area contributed by atoms with Gasteiger partial charge in [-0.15, -0.1) is 5.11 Å². The molecule has 1 aromatic heterocycles. The van der Waals surface area contributed by atoms with Gasteiger partial charge in [0.05, 0.1) is 11.4 Å². The molecule has 0 aliphatic heterocycles. The molecule has 1 heterocycles. The van der Waals surface area contributed by atoms with E-state index in [1.807, 2.05) is 12.1 Å². The molecular formula is C22H19N4NaO4S. The fourth-order valence-corrected chi connectivity index (χ4v) is 3.76. The van der Waals surface area contributed by atoms with Crippen LogP contribution >= 0.6 is 0 Å². The molecule has 0 saturated carbocycles. The molecule has 0 unspecified atom stereocenters. The van der Waals surface area contributed by atoms with Gasteiger partial charge in [-0.25, -0.2) is 0 Å². The number of nitrogens with two attached hydrogens (primary N) is 1. The predicted molar refractivity (Wildman–Crippen MR) is 125 cm³/mol. The van der Waals surface area contributed by atoms with E-state index in [1.54, 1.807) is 60.9 Å². The second-order valence-electron chi connectivity index (χ2n) is 6.68. The van der Waals surface area contributed by atoms with Crippen LogP contribution < -0.4 is 10.5 Å². The standard InChI is InChI=1S/C22H18N4O4S.Na.H/c23-22-19-9-2-1-8-18(19)21(31(27,28)29)12-20(22)26-25-16-6-3-7-17(11-16)30-14-15-5-4-10-24-13-15;;/h1-13H,14,23H2,(H,27,28,29);;/b26-25+;;. The number of ether oxygens (including phenoxy) is 1. The fraction of sp³-hybridized carbons (Fsp3) is 0.0455. The molecular weight excluding hydrogens is 439 g/mol. The molecule has 0 aliphatic carbocycles. The van der Waals surface area contributed by atoms with Gasteiger partial charge in [0.15, 0.2) is 0 Å². The van der Waals surface area contributed by atoms with Crippen molar-refractivity contribution in [3.8, 4) is 5.75 Å². The van der Waals surface area contributed by atoms with Crippen molar-refractivity contribution >= 4 is 67.5 Å². The van der Waals surface area contributed by atoms with Crippen LogP contribution in [0.4, 0.5) is 17.1 Å². The van der Waals surface area contributed by atoms with E-state index in [2.05, 4.69) is 15.2 Å². The summed E-state index contributed by atoms with van der Waals surface area (Å²) in [5.74, 6) is 0.588. The van der Waals surface area contributed by atoms with Crippen LogP contribution in [0.15, 0.2) is 94.2 Å². The fourth-order valence-electron chi connectivity index (χ4n) is 3.04. The maximum absolute atomic E-state index is 11.8. The van der Waals surface area contributed by atoms with Crippen molar-refractivity contribution in [3.63, 3.8) is 0 Å². The van der Waals surface area contributed by atoms with Gasteiger partial charge >= 0.3 is 29.6 Å². The molecule has 0 saturated heterocycles. The second-order valence-corrected chi connectivity index (χ2v) is 8.07. The normalized spacial score (nSPS) is 11.4. The van der Waals surface area contributed by atoms with Gasteiger partial charge in [-0.05, 0) is 24.3 Å². The summed E-state index contributed by atoms with van der Waals surface area (Å²) in [6.45, 7) is 0.351.